The molecule has 3 rings (SSSR count). The van der Waals surface area contributed by atoms with Gasteiger partial charge in [0.15, 0.2) is 5.82 Å². The Kier molecular flexibility index (Phi) is 3.58. The number of amides is 1. The maximum atomic E-state index is 12.6. The number of rotatable bonds is 3. The largest absolute Gasteiger partial charge is 0.342 e. The molecule has 0 bridgehead atoms. The van der Waals surface area contributed by atoms with Crippen LogP contribution in [0.4, 0.5) is 0 Å². The fraction of sp³-hybridized carbons (Fsp3) is 0.250. The number of benzene rings is 1. The Hall–Kier alpha value is -2.76. The Labute approximate surface area is 128 Å². The molecule has 0 aliphatic carbocycles. The Balaban J connectivity index is 1.94. The van der Waals surface area contributed by atoms with E-state index in [0.717, 1.165) is 16.6 Å². The molecular formula is C16H17N5O. The van der Waals surface area contributed by atoms with Gasteiger partial charge in [0, 0.05) is 18.1 Å². The molecule has 0 saturated heterocycles. The van der Waals surface area contributed by atoms with Crippen LogP contribution in [0.2, 0.25) is 0 Å². The summed E-state index contributed by atoms with van der Waals surface area (Å²) in [6, 6.07) is 9.21. The van der Waals surface area contributed by atoms with Crippen molar-refractivity contribution < 1.29 is 4.79 Å². The number of para-hydroxylation sites is 1. The van der Waals surface area contributed by atoms with E-state index in [1.165, 1.54) is 0 Å². The third-order valence-corrected chi connectivity index (χ3v) is 3.57. The van der Waals surface area contributed by atoms with Crippen molar-refractivity contribution in [2.24, 2.45) is 7.05 Å². The summed E-state index contributed by atoms with van der Waals surface area (Å²) < 4.78 is 1.79. The molecular weight excluding hydrogens is 278 g/mol. The summed E-state index contributed by atoms with van der Waals surface area (Å²) in [6.07, 6.45) is 1.62. The number of fused-ring (bicyclic) bond motifs is 1. The summed E-state index contributed by atoms with van der Waals surface area (Å²) in [5.74, 6) is 0.570. The van der Waals surface area contributed by atoms with Gasteiger partial charge in [-0.05, 0) is 26.0 Å². The van der Waals surface area contributed by atoms with Crippen molar-refractivity contribution in [2.75, 3.05) is 0 Å². The van der Waals surface area contributed by atoms with Crippen LogP contribution in [-0.4, -0.2) is 25.7 Å². The Morgan fingerprint density at radius 2 is 2.09 bits per heavy atom. The maximum absolute atomic E-state index is 12.6. The van der Waals surface area contributed by atoms with Crippen molar-refractivity contribution in [1.82, 2.24) is 25.1 Å². The standard InChI is InChI=1S/C16H17N5O/c1-10-8-13(12-6-4-5-7-14(12)18-10)16(22)19-11(2)15-20-17-9-21(15)3/h4-9,11H,1-3H3,(H,19,22)/t11-/m0/s1. The number of hydrogen-bond donors (Lipinski definition) is 1. The normalized spacial score (nSPS) is 12.3. The van der Waals surface area contributed by atoms with Gasteiger partial charge in [-0.3, -0.25) is 9.78 Å². The van der Waals surface area contributed by atoms with Crippen LogP contribution in [0, 0.1) is 6.92 Å². The lowest BCUT2D eigenvalue weighted by Gasteiger charge is -2.14. The van der Waals surface area contributed by atoms with Crippen molar-refractivity contribution in [3.05, 3.63) is 53.7 Å². The van der Waals surface area contributed by atoms with Crippen molar-refractivity contribution in [1.29, 1.82) is 0 Å². The highest BCUT2D eigenvalue weighted by Gasteiger charge is 2.17. The van der Waals surface area contributed by atoms with E-state index in [9.17, 15) is 4.79 Å². The van der Waals surface area contributed by atoms with E-state index < -0.39 is 0 Å². The van der Waals surface area contributed by atoms with Gasteiger partial charge in [0.1, 0.15) is 6.33 Å². The zero-order chi connectivity index (χ0) is 15.7. The topological polar surface area (TPSA) is 72.7 Å². The molecule has 22 heavy (non-hydrogen) atoms. The van der Waals surface area contributed by atoms with Gasteiger partial charge in [0.05, 0.1) is 17.1 Å². The van der Waals surface area contributed by atoms with Gasteiger partial charge in [-0.25, -0.2) is 0 Å². The van der Waals surface area contributed by atoms with Crippen LogP contribution in [0.1, 0.15) is 34.8 Å². The Bertz CT molecular complexity index is 839. The van der Waals surface area contributed by atoms with Crippen LogP contribution in [0.5, 0.6) is 0 Å². The number of nitrogens with one attached hydrogen (secondary N) is 1. The molecule has 3 aromatic rings. The molecule has 1 aromatic carbocycles. The second-order valence-corrected chi connectivity index (χ2v) is 5.32. The molecule has 6 heteroatoms. The second kappa shape index (κ2) is 5.55. The molecule has 0 aliphatic heterocycles. The molecule has 0 unspecified atom stereocenters. The SMILES string of the molecule is Cc1cc(C(=O)N[C@@H](C)c2nncn2C)c2ccccc2n1. The molecule has 2 aromatic heterocycles. The van der Waals surface area contributed by atoms with E-state index in [0.29, 0.717) is 11.4 Å². The predicted octanol–water partition coefficient (Wildman–Crippen LogP) is 2.16. The average molecular weight is 295 g/mol. The zero-order valence-corrected chi connectivity index (χ0v) is 12.7. The van der Waals surface area contributed by atoms with E-state index in [1.54, 1.807) is 17.0 Å². The highest BCUT2D eigenvalue weighted by Crippen LogP contribution is 2.19. The monoisotopic (exact) mass is 295 g/mol. The molecule has 0 radical (unpaired) electrons. The molecule has 0 fully saturated rings. The van der Waals surface area contributed by atoms with Crippen LogP contribution >= 0.6 is 0 Å². The maximum Gasteiger partial charge on any atom is 0.252 e. The quantitative estimate of drug-likeness (QED) is 0.803. The van der Waals surface area contributed by atoms with Gasteiger partial charge < -0.3 is 9.88 Å². The molecule has 0 spiro atoms. The highest BCUT2D eigenvalue weighted by atomic mass is 16.1. The number of pyridine rings is 1. The number of nitrogens with zero attached hydrogens (tertiary/aromatic N) is 4. The molecule has 1 N–H and O–H groups in total. The highest BCUT2D eigenvalue weighted by molar-refractivity contribution is 6.06. The van der Waals surface area contributed by atoms with E-state index in [-0.39, 0.29) is 11.9 Å². The molecule has 6 nitrogen and oxygen atoms in total. The molecule has 0 aliphatic rings. The van der Waals surface area contributed by atoms with Crippen molar-refractivity contribution in [3.8, 4) is 0 Å². The third kappa shape index (κ3) is 2.55. The van der Waals surface area contributed by atoms with E-state index in [2.05, 4.69) is 20.5 Å². The number of hydrogen-bond acceptors (Lipinski definition) is 4. The molecule has 1 atom stereocenters. The first kappa shape index (κ1) is 14.2. The molecule has 0 saturated carbocycles. The van der Waals surface area contributed by atoms with Gasteiger partial charge in [-0.15, -0.1) is 10.2 Å². The molecule has 112 valence electrons. The van der Waals surface area contributed by atoms with Crippen LogP contribution in [0.3, 0.4) is 0 Å². The van der Waals surface area contributed by atoms with Gasteiger partial charge in [0.2, 0.25) is 0 Å². The van der Waals surface area contributed by atoms with E-state index >= 15 is 0 Å². The minimum Gasteiger partial charge on any atom is -0.342 e. The van der Waals surface area contributed by atoms with Crippen LogP contribution in [0.25, 0.3) is 10.9 Å². The first-order chi connectivity index (χ1) is 10.6. The summed E-state index contributed by atoms with van der Waals surface area (Å²) in [6.45, 7) is 3.77. The van der Waals surface area contributed by atoms with Crippen molar-refractivity contribution in [3.63, 3.8) is 0 Å². The lowest BCUT2D eigenvalue weighted by Crippen LogP contribution is -2.28. The fourth-order valence-electron chi connectivity index (χ4n) is 2.52. The summed E-state index contributed by atoms with van der Waals surface area (Å²) in [4.78, 5) is 17.1. The molecule has 2 heterocycles. The summed E-state index contributed by atoms with van der Waals surface area (Å²) >= 11 is 0. The fourth-order valence-corrected chi connectivity index (χ4v) is 2.52. The summed E-state index contributed by atoms with van der Waals surface area (Å²) in [7, 11) is 1.85. The Morgan fingerprint density at radius 3 is 2.82 bits per heavy atom. The van der Waals surface area contributed by atoms with Crippen molar-refractivity contribution in [2.45, 2.75) is 19.9 Å². The van der Waals surface area contributed by atoms with Gasteiger partial charge in [0.25, 0.3) is 5.91 Å². The average Bonchev–Trinajstić information content (AvgIpc) is 2.92. The van der Waals surface area contributed by atoms with Gasteiger partial charge in [-0.1, -0.05) is 18.2 Å². The number of aryl methyl sites for hydroxylation is 2. The van der Waals surface area contributed by atoms with Gasteiger partial charge in [-0.2, -0.15) is 0 Å². The lowest BCUT2D eigenvalue weighted by molar-refractivity contribution is 0.0939. The van der Waals surface area contributed by atoms with E-state index in [4.69, 9.17) is 0 Å². The summed E-state index contributed by atoms with van der Waals surface area (Å²) in [5.41, 5.74) is 2.26. The van der Waals surface area contributed by atoms with Crippen molar-refractivity contribution >= 4 is 16.8 Å². The predicted molar refractivity (Wildman–Crippen MR) is 83.4 cm³/mol. The minimum absolute atomic E-state index is 0.141. The number of carbonyl (C=O) groups is 1. The minimum atomic E-state index is -0.229. The van der Waals surface area contributed by atoms with Gasteiger partial charge >= 0.3 is 0 Å². The lowest BCUT2D eigenvalue weighted by atomic mass is 10.1. The smallest absolute Gasteiger partial charge is 0.252 e. The first-order valence-corrected chi connectivity index (χ1v) is 7.07. The van der Waals surface area contributed by atoms with Crippen LogP contribution < -0.4 is 5.32 Å². The number of carbonyl (C=O) groups excluding carboxylic acids is 1. The van der Waals surface area contributed by atoms with Crippen LogP contribution in [0.15, 0.2) is 36.7 Å². The number of aromatic nitrogens is 4. The summed E-state index contributed by atoms with van der Waals surface area (Å²) in [5, 5.41) is 11.7. The molecule has 1 amide bonds. The van der Waals surface area contributed by atoms with Crippen LogP contribution in [-0.2, 0) is 7.05 Å². The van der Waals surface area contributed by atoms with E-state index in [1.807, 2.05) is 45.2 Å². The zero-order valence-electron chi connectivity index (χ0n) is 12.7. The second-order valence-electron chi connectivity index (χ2n) is 5.32. The third-order valence-electron chi connectivity index (χ3n) is 3.57. The first-order valence-electron chi connectivity index (χ1n) is 7.07. The Morgan fingerprint density at radius 1 is 1.32 bits per heavy atom.